The highest BCUT2D eigenvalue weighted by Gasteiger charge is 2.11. The van der Waals surface area contributed by atoms with Crippen LogP contribution < -0.4 is 0 Å². The van der Waals surface area contributed by atoms with Gasteiger partial charge in [0.15, 0.2) is 5.84 Å². The Kier molecular flexibility index (Phi) is 9.01. The van der Waals surface area contributed by atoms with Crippen LogP contribution >= 0.6 is 0 Å². The van der Waals surface area contributed by atoms with E-state index in [4.69, 9.17) is 15.2 Å². The number of nitrogens with zero attached hydrogens (tertiary/aromatic N) is 4. The topological polar surface area (TPSA) is 72.3 Å². The molecule has 0 amide bonds. The zero-order valence-corrected chi connectivity index (χ0v) is 25.4. The van der Waals surface area contributed by atoms with Crippen molar-refractivity contribution in [3.8, 4) is 45.5 Å². The summed E-state index contributed by atoms with van der Waals surface area (Å²) in [6.07, 6.45) is 0. The third kappa shape index (κ3) is 7.05. The van der Waals surface area contributed by atoms with Crippen LogP contribution in [0, 0.1) is 22.7 Å². The summed E-state index contributed by atoms with van der Waals surface area (Å²) >= 11 is 0. The van der Waals surface area contributed by atoms with Gasteiger partial charge in [0, 0.05) is 11.3 Å². The monoisotopic (exact) mass is 590 g/mol. The number of amidine groups is 1. The summed E-state index contributed by atoms with van der Waals surface area (Å²) in [5, 5.41) is 18.5. The molecule has 46 heavy (non-hydrogen) atoms. The molecule has 0 fully saturated rings. The molecular formula is C42H30N4. The Bertz CT molecular complexity index is 2100. The number of nitriles is 2. The Labute approximate surface area is 269 Å². The van der Waals surface area contributed by atoms with Crippen molar-refractivity contribution in [1.29, 1.82) is 10.5 Å². The predicted octanol–water partition coefficient (Wildman–Crippen LogP) is 9.89. The molecule has 0 saturated carbocycles. The van der Waals surface area contributed by atoms with E-state index < -0.39 is 0 Å². The molecule has 0 aliphatic rings. The average molecular weight is 591 g/mol. The first kappa shape index (κ1) is 29.7. The lowest BCUT2D eigenvalue weighted by Gasteiger charge is -2.12. The predicted molar refractivity (Wildman–Crippen MR) is 188 cm³/mol. The van der Waals surface area contributed by atoms with Gasteiger partial charge in [-0.15, -0.1) is 0 Å². The van der Waals surface area contributed by atoms with Gasteiger partial charge < -0.3 is 0 Å². The molecule has 218 valence electrons. The van der Waals surface area contributed by atoms with Crippen LogP contribution in [0.25, 0.3) is 33.4 Å². The van der Waals surface area contributed by atoms with Crippen LogP contribution in [0.5, 0.6) is 0 Å². The van der Waals surface area contributed by atoms with Crippen molar-refractivity contribution in [3.63, 3.8) is 0 Å². The van der Waals surface area contributed by atoms with Crippen LogP contribution in [0.15, 0.2) is 162 Å². The van der Waals surface area contributed by atoms with Crippen LogP contribution in [0.2, 0.25) is 0 Å². The molecule has 0 bridgehead atoms. The van der Waals surface area contributed by atoms with Crippen molar-refractivity contribution in [2.24, 2.45) is 9.98 Å². The largest absolute Gasteiger partial charge is 0.261 e. The zero-order chi connectivity index (χ0) is 31.7. The second kappa shape index (κ2) is 14.0. The van der Waals surface area contributed by atoms with Gasteiger partial charge >= 0.3 is 0 Å². The number of aliphatic imine (C=N–C) groups is 2. The Morgan fingerprint density at radius 3 is 1.41 bits per heavy atom. The summed E-state index contributed by atoms with van der Waals surface area (Å²) in [5.74, 6) is 0.680. The van der Waals surface area contributed by atoms with E-state index in [1.807, 2.05) is 104 Å². The second-order valence-electron chi connectivity index (χ2n) is 10.9. The van der Waals surface area contributed by atoms with Crippen molar-refractivity contribution >= 4 is 11.5 Å². The molecule has 6 aromatic carbocycles. The minimum Gasteiger partial charge on any atom is -0.261 e. The van der Waals surface area contributed by atoms with Crippen molar-refractivity contribution in [1.82, 2.24) is 0 Å². The molecule has 0 N–H and O–H groups in total. The molecule has 0 aliphatic carbocycles. The number of hydrogen-bond acceptors (Lipinski definition) is 3. The molecule has 0 spiro atoms. The van der Waals surface area contributed by atoms with Gasteiger partial charge in [-0.05, 0) is 93.9 Å². The van der Waals surface area contributed by atoms with Gasteiger partial charge in [-0.3, -0.25) is 4.99 Å². The summed E-state index contributed by atoms with van der Waals surface area (Å²) < 4.78 is 0. The van der Waals surface area contributed by atoms with E-state index >= 15 is 0 Å². The summed E-state index contributed by atoms with van der Waals surface area (Å²) in [5.41, 5.74) is 11.5. The second-order valence-corrected chi connectivity index (χ2v) is 10.9. The maximum atomic E-state index is 9.34. The Balaban J connectivity index is 1.41. The summed E-state index contributed by atoms with van der Waals surface area (Å²) in [6, 6.07) is 54.9. The van der Waals surface area contributed by atoms with Crippen LogP contribution in [0.1, 0.15) is 34.7 Å². The Morgan fingerprint density at radius 1 is 0.500 bits per heavy atom. The van der Waals surface area contributed by atoms with E-state index in [-0.39, 0.29) is 0 Å². The lowest BCUT2D eigenvalue weighted by Crippen LogP contribution is -2.05. The highest BCUT2D eigenvalue weighted by molar-refractivity contribution is 6.12. The molecule has 4 heteroatoms. The third-order valence-electron chi connectivity index (χ3n) is 7.82. The molecule has 0 unspecified atom stereocenters. The van der Waals surface area contributed by atoms with Crippen LogP contribution in [0.3, 0.4) is 0 Å². The SMILES string of the molecule is CC(=NC(=NCc1ccccc1)c1ccccc1)c1cc(-c2ccc(C#N)cc2)cc(-c2ccc(-c3ccc(C#N)cc3)cc2)c1. The molecular weight excluding hydrogens is 560 g/mol. The van der Waals surface area contributed by atoms with Crippen LogP contribution in [-0.2, 0) is 6.54 Å². The molecule has 6 rings (SSSR count). The molecule has 6 aromatic rings. The van der Waals surface area contributed by atoms with E-state index in [0.717, 1.165) is 55.8 Å². The third-order valence-corrected chi connectivity index (χ3v) is 7.82. The zero-order valence-electron chi connectivity index (χ0n) is 25.4. The normalized spacial score (nSPS) is 11.5. The fourth-order valence-electron chi connectivity index (χ4n) is 5.25. The summed E-state index contributed by atoms with van der Waals surface area (Å²) in [7, 11) is 0. The smallest absolute Gasteiger partial charge is 0.155 e. The molecule has 0 radical (unpaired) electrons. The molecule has 4 nitrogen and oxygen atoms in total. The minimum absolute atomic E-state index is 0.532. The van der Waals surface area contributed by atoms with Gasteiger partial charge in [0.2, 0.25) is 0 Å². The average Bonchev–Trinajstić information content (AvgIpc) is 3.14. The molecule has 0 heterocycles. The fourth-order valence-corrected chi connectivity index (χ4v) is 5.25. The van der Waals surface area contributed by atoms with E-state index in [2.05, 4.69) is 66.7 Å². The van der Waals surface area contributed by atoms with E-state index in [1.165, 1.54) is 0 Å². The molecule has 0 saturated heterocycles. The lowest BCUT2D eigenvalue weighted by atomic mass is 9.93. The van der Waals surface area contributed by atoms with Gasteiger partial charge in [-0.1, -0.05) is 109 Å². The van der Waals surface area contributed by atoms with E-state index in [1.54, 1.807) is 0 Å². The first-order chi connectivity index (χ1) is 22.6. The van der Waals surface area contributed by atoms with Crippen LogP contribution in [0.4, 0.5) is 0 Å². The van der Waals surface area contributed by atoms with Gasteiger partial charge in [0.25, 0.3) is 0 Å². The van der Waals surface area contributed by atoms with Crippen molar-refractivity contribution in [3.05, 3.63) is 179 Å². The number of benzene rings is 6. The van der Waals surface area contributed by atoms with Gasteiger partial charge in [0.05, 0.1) is 29.8 Å². The minimum atomic E-state index is 0.532. The van der Waals surface area contributed by atoms with Crippen molar-refractivity contribution in [2.45, 2.75) is 13.5 Å². The Morgan fingerprint density at radius 2 is 0.935 bits per heavy atom. The molecule has 0 atom stereocenters. The summed E-state index contributed by atoms with van der Waals surface area (Å²) in [4.78, 5) is 10.0. The highest BCUT2D eigenvalue weighted by atomic mass is 14.9. The number of rotatable bonds is 7. The first-order valence-corrected chi connectivity index (χ1v) is 15.1. The quantitative estimate of drug-likeness (QED) is 0.137. The van der Waals surface area contributed by atoms with Crippen molar-refractivity contribution in [2.75, 3.05) is 0 Å². The fraction of sp³-hybridized carbons (Fsp3) is 0.0476. The maximum absolute atomic E-state index is 9.34. The van der Waals surface area contributed by atoms with Gasteiger partial charge in [0.1, 0.15) is 0 Å². The standard InChI is InChI=1S/C42H30N4/c1-30(46-42(38-10-6-3-7-11-38)45-29-33-8-4-2-5-9-33)39-24-40(36-18-14-32(28-44)15-19-36)26-41(25-39)37-22-20-35(21-23-37)34-16-12-31(27-43)13-17-34/h2-26H,29H2,1H3. The van der Waals surface area contributed by atoms with Gasteiger partial charge in [-0.25, -0.2) is 4.99 Å². The molecule has 0 aromatic heterocycles. The van der Waals surface area contributed by atoms with E-state index in [9.17, 15) is 5.26 Å². The number of hydrogen-bond donors (Lipinski definition) is 0. The Hall–Kier alpha value is -6.36. The molecule has 0 aliphatic heterocycles. The summed E-state index contributed by atoms with van der Waals surface area (Å²) in [6.45, 7) is 2.56. The van der Waals surface area contributed by atoms with Crippen LogP contribution in [-0.4, -0.2) is 11.5 Å². The van der Waals surface area contributed by atoms with E-state index in [0.29, 0.717) is 23.5 Å². The lowest BCUT2D eigenvalue weighted by molar-refractivity contribution is 1.06. The maximum Gasteiger partial charge on any atom is 0.155 e. The first-order valence-electron chi connectivity index (χ1n) is 15.1. The van der Waals surface area contributed by atoms with Gasteiger partial charge in [-0.2, -0.15) is 10.5 Å². The van der Waals surface area contributed by atoms with Crippen molar-refractivity contribution < 1.29 is 0 Å². The highest BCUT2D eigenvalue weighted by Crippen LogP contribution is 2.31.